The van der Waals surface area contributed by atoms with Gasteiger partial charge in [0, 0.05) is 37.7 Å². The van der Waals surface area contributed by atoms with Crippen molar-refractivity contribution >= 4 is 11.8 Å². The molecule has 0 saturated carbocycles. The maximum absolute atomic E-state index is 12.5. The highest BCUT2D eigenvalue weighted by molar-refractivity contribution is 5.79. The van der Waals surface area contributed by atoms with Crippen LogP contribution in [0.5, 0.6) is 0 Å². The van der Waals surface area contributed by atoms with Crippen LogP contribution in [-0.2, 0) is 20.9 Å². The summed E-state index contributed by atoms with van der Waals surface area (Å²) in [5.41, 5.74) is 1.81. The Balaban J connectivity index is 1.50. The number of aryl methyl sites for hydroxylation is 2. The fourth-order valence-corrected chi connectivity index (χ4v) is 3.50. The lowest BCUT2D eigenvalue weighted by molar-refractivity contribution is -0.131. The molecule has 2 saturated heterocycles. The van der Waals surface area contributed by atoms with Gasteiger partial charge in [-0.25, -0.2) is 0 Å². The monoisotopic (exact) mass is 364 g/mol. The van der Waals surface area contributed by atoms with Crippen LogP contribution in [-0.4, -0.2) is 72.2 Å². The smallest absolute Gasteiger partial charge is 0.234 e. The first kappa shape index (κ1) is 18.8. The number of amides is 2. The van der Waals surface area contributed by atoms with E-state index in [9.17, 15) is 9.59 Å². The van der Waals surface area contributed by atoms with E-state index >= 15 is 0 Å². The molecule has 0 aliphatic carbocycles. The van der Waals surface area contributed by atoms with E-state index in [1.54, 1.807) is 0 Å². The predicted molar refractivity (Wildman–Crippen MR) is 94.4 cm³/mol. The van der Waals surface area contributed by atoms with Crippen molar-refractivity contribution in [3.63, 3.8) is 0 Å². The van der Waals surface area contributed by atoms with E-state index in [4.69, 9.17) is 9.26 Å². The molecular formula is C18H28N4O4. The van der Waals surface area contributed by atoms with Crippen LogP contribution < -0.4 is 5.32 Å². The Kier molecular flexibility index (Phi) is 6.26. The molecule has 1 unspecified atom stereocenters. The largest absolute Gasteiger partial charge is 0.379 e. The average Bonchev–Trinajstić information content (AvgIpc) is 2.83. The second-order valence-electron chi connectivity index (χ2n) is 7.10. The molecular weight excluding hydrogens is 336 g/mol. The Hall–Kier alpha value is -1.93. The molecule has 3 rings (SSSR count). The molecule has 2 aliphatic heterocycles. The van der Waals surface area contributed by atoms with Gasteiger partial charge in [-0.05, 0) is 26.7 Å². The predicted octanol–water partition coefficient (Wildman–Crippen LogP) is 0.621. The van der Waals surface area contributed by atoms with Crippen molar-refractivity contribution in [2.75, 3.05) is 39.4 Å². The lowest BCUT2D eigenvalue weighted by Gasteiger charge is -2.27. The van der Waals surface area contributed by atoms with E-state index in [1.807, 2.05) is 18.7 Å². The third kappa shape index (κ3) is 4.82. The standard InChI is InChI=1S/C18H28N4O4/c1-13-16(14(2)26-20-13)11-22-6-5-15(3-4-18(22)24)19-17(23)12-21-7-9-25-10-8-21/h15H,3-12H2,1-2H3,(H,19,23). The number of aromatic nitrogens is 1. The highest BCUT2D eigenvalue weighted by atomic mass is 16.5. The minimum Gasteiger partial charge on any atom is -0.379 e. The van der Waals surface area contributed by atoms with Gasteiger partial charge in [0.25, 0.3) is 0 Å². The molecule has 144 valence electrons. The number of nitrogens with zero attached hydrogens (tertiary/aromatic N) is 3. The van der Waals surface area contributed by atoms with Crippen molar-refractivity contribution in [2.45, 2.75) is 45.7 Å². The minimum atomic E-state index is 0.0310. The lowest BCUT2D eigenvalue weighted by atomic mass is 10.1. The van der Waals surface area contributed by atoms with E-state index < -0.39 is 0 Å². The number of nitrogens with one attached hydrogen (secondary N) is 1. The molecule has 1 aromatic rings. The molecule has 2 aliphatic rings. The van der Waals surface area contributed by atoms with Gasteiger partial charge in [-0.15, -0.1) is 0 Å². The Morgan fingerprint density at radius 1 is 1.23 bits per heavy atom. The third-order valence-electron chi connectivity index (χ3n) is 5.17. The zero-order valence-corrected chi connectivity index (χ0v) is 15.6. The molecule has 0 radical (unpaired) electrons. The minimum absolute atomic E-state index is 0.0310. The van der Waals surface area contributed by atoms with Crippen LogP contribution in [0.1, 0.15) is 36.3 Å². The molecule has 1 N–H and O–H groups in total. The van der Waals surface area contributed by atoms with Gasteiger partial charge in [0.05, 0.1) is 32.0 Å². The van der Waals surface area contributed by atoms with Gasteiger partial charge in [-0.1, -0.05) is 5.16 Å². The number of rotatable bonds is 5. The zero-order valence-electron chi connectivity index (χ0n) is 15.6. The van der Waals surface area contributed by atoms with Crippen LogP contribution >= 0.6 is 0 Å². The maximum atomic E-state index is 12.5. The van der Waals surface area contributed by atoms with E-state index in [0.717, 1.165) is 36.5 Å². The molecule has 2 amide bonds. The highest BCUT2D eigenvalue weighted by Crippen LogP contribution is 2.19. The summed E-state index contributed by atoms with van der Waals surface area (Å²) in [5, 5.41) is 7.05. The Morgan fingerprint density at radius 2 is 2.00 bits per heavy atom. The summed E-state index contributed by atoms with van der Waals surface area (Å²) < 4.78 is 10.5. The van der Waals surface area contributed by atoms with Crippen LogP contribution in [0.25, 0.3) is 0 Å². The Bertz CT molecular complexity index is 620. The highest BCUT2D eigenvalue weighted by Gasteiger charge is 2.25. The van der Waals surface area contributed by atoms with E-state index in [-0.39, 0.29) is 17.9 Å². The van der Waals surface area contributed by atoms with Crippen LogP contribution in [0.15, 0.2) is 4.52 Å². The second kappa shape index (κ2) is 8.64. The summed E-state index contributed by atoms with van der Waals surface area (Å²) in [6, 6.07) is 0.0437. The van der Waals surface area contributed by atoms with Gasteiger partial charge in [0.2, 0.25) is 11.8 Å². The maximum Gasteiger partial charge on any atom is 0.234 e. The van der Waals surface area contributed by atoms with Crippen molar-refractivity contribution in [1.82, 2.24) is 20.3 Å². The molecule has 26 heavy (non-hydrogen) atoms. The summed E-state index contributed by atoms with van der Waals surface area (Å²) in [6.07, 6.45) is 1.90. The number of carbonyl (C=O) groups excluding carboxylic acids is 2. The number of hydrogen-bond donors (Lipinski definition) is 1. The van der Waals surface area contributed by atoms with Gasteiger partial charge in [-0.2, -0.15) is 0 Å². The molecule has 1 aromatic heterocycles. The van der Waals surface area contributed by atoms with Gasteiger partial charge in [-0.3, -0.25) is 14.5 Å². The molecule has 3 heterocycles. The van der Waals surface area contributed by atoms with E-state index in [0.29, 0.717) is 45.7 Å². The van der Waals surface area contributed by atoms with Crippen molar-refractivity contribution in [2.24, 2.45) is 0 Å². The second-order valence-corrected chi connectivity index (χ2v) is 7.10. The van der Waals surface area contributed by atoms with Crippen molar-refractivity contribution in [3.05, 3.63) is 17.0 Å². The zero-order chi connectivity index (χ0) is 18.5. The Labute approximate surface area is 153 Å². The van der Waals surface area contributed by atoms with Gasteiger partial charge in [0.15, 0.2) is 0 Å². The number of likely N-dealkylation sites (tertiary alicyclic amines) is 1. The molecule has 0 spiro atoms. The van der Waals surface area contributed by atoms with Gasteiger partial charge in [0.1, 0.15) is 5.76 Å². The SMILES string of the molecule is Cc1noc(C)c1CN1CCC(NC(=O)CN2CCOCC2)CCC1=O. The molecule has 8 nitrogen and oxygen atoms in total. The van der Waals surface area contributed by atoms with E-state index in [1.165, 1.54) is 0 Å². The number of morpholine rings is 1. The van der Waals surface area contributed by atoms with Crippen LogP contribution in [0.4, 0.5) is 0 Å². The Morgan fingerprint density at radius 3 is 2.69 bits per heavy atom. The van der Waals surface area contributed by atoms with Crippen molar-refractivity contribution in [1.29, 1.82) is 0 Å². The van der Waals surface area contributed by atoms with Crippen molar-refractivity contribution < 1.29 is 18.8 Å². The van der Waals surface area contributed by atoms with Crippen LogP contribution in [0.3, 0.4) is 0 Å². The number of carbonyl (C=O) groups is 2. The van der Waals surface area contributed by atoms with Gasteiger partial charge < -0.3 is 19.5 Å². The molecule has 0 aromatic carbocycles. The van der Waals surface area contributed by atoms with Crippen LogP contribution in [0, 0.1) is 13.8 Å². The summed E-state index contributed by atoms with van der Waals surface area (Å²) >= 11 is 0. The fourth-order valence-electron chi connectivity index (χ4n) is 3.50. The third-order valence-corrected chi connectivity index (χ3v) is 5.17. The quantitative estimate of drug-likeness (QED) is 0.824. The summed E-state index contributed by atoms with van der Waals surface area (Å²) in [5.74, 6) is 0.911. The molecule has 1 atom stereocenters. The summed E-state index contributed by atoms with van der Waals surface area (Å²) in [4.78, 5) is 28.7. The first-order valence-corrected chi connectivity index (χ1v) is 9.32. The molecule has 2 fully saturated rings. The summed E-state index contributed by atoms with van der Waals surface area (Å²) in [7, 11) is 0. The normalized spacial score (nSPS) is 22.3. The van der Waals surface area contributed by atoms with Crippen molar-refractivity contribution in [3.8, 4) is 0 Å². The first-order chi connectivity index (χ1) is 12.5. The van der Waals surface area contributed by atoms with Crippen LogP contribution in [0.2, 0.25) is 0 Å². The first-order valence-electron chi connectivity index (χ1n) is 9.32. The topological polar surface area (TPSA) is 87.9 Å². The van der Waals surface area contributed by atoms with Gasteiger partial charge >= 0.3 is 0 Å². The summed E-state index contributed by atoms with van der Waals surface area (Å²) in [6.45, 7) is 8.26. The number of hydrogen-bond acceptors (Lipinski definition) is 6. The molecule has 0 bridgehead atoms. The average molecular weight is 364 g/mol. The lowest BCUT2D eigenvalue weighted by Crippen LogP contribution is -2.46. The number of ether oxygens (including phenoxy) is 1. The molecule has 8 heteroatoms. The van der Waals surface area contributed by atoms with E-state index in [2.05, 4.69) is 15.4 Å². The fraction of sp³-hybridized carbons (Fsp3) is 0.722.